The lowest BCUT2D eigenvalue weighted by atomic mass is 9.93. The Morgan fingerprint density at radius 3 is 2.33 bits per heavy atom. The molecule has 0 saturated heterocycles. The van der Waals surface area contributed by atoms with Crippen molar-refractivity contribution < 1.29 is 9.90 Å². The average molecular weight is 215 g/mol. The second-order valence-electron chi connectivity index (χ2n) is 5.46. The van der Waals surface area contributed by atoms with Gasteiger partial charge in [-0.15, -0.1) is 0 Å². The fourth-order valence-electron chi connectivity index (χ4n) is 1.59. The van der Waals surface area contributed by atoms with Crippen LogP contribution in [-0.2, 0) is 4.79 Å². The average Bonchev–Trinajstić information content (AvgIpc) is 2.01. The summed E-state index contributed by atoms with van der Waals surface area (Å²) in [5.74, 6) is 0.00379. The molecule has 0 saturated carbocycles. The third-order valence-electron chi connectivity index (χ3n) is 2.57. The minimum absolute atomic E-state index is 0.612. The van der Waals surface area contributed by atoms with E-state index < -0.39 is 11.4 Å². The number of carbonyl (C=O) groups is 1. The third-order valence-corrected chi connectivity index (χ3v) is 2.57. The first kappa shape index (κ1) is 14.4. The fourth-order valence-corrected chi connectivity index (χ4v) is 1.59. The van der Waals surface area contributed by atoms with E-state index in [0.29, 0.717) is 6.54 Å². The summed E-state index contributed by atoms with van der Waals surface area (Å²) in [5.41, 5.74) is -0.646. The lowest BCUT2D eigenvalue weighted by molar-refractivity contribution is -0.147. The van der Waals surface area contributed by atoms with Crippen LogP contribution in [0.4, 0.5) is 0 Å². The summed E-state index contributed by atoms with van der Waals surface area (Å²) in [5, 5.41) is 8.98. The smallest absolute Gasteiger partial charge is 0.310 e. The van der Waals surface area contributed by atoms with Crippen LogP contribution in [-0.4, -0.2) is 36.1 Å². The maximum Gasteiger partial charge on any atom is 0.310 e. The van der Waals surface area contributed by atoms with Crippen LogP contribution in [0.2, 0.25) is 0 Å². The number of rotatable bonds is 7. The number of carboxylic acids is 1. The second kappa shape index (κ2) is 6.11. The third kappa shape index (κ3) is 6.50. The molecule has 0 atom stereocenters. The van der Waals surface area contributed by atoms with Crippen LogP contribution in [0.3, 0.4) is 0 Å². The van der Waals surface area contributed by atoms with Gasteiger partial charge in [0.15, 0.2) is 0 Å². The van der Waals surface area contributed by atoms with Gasteiger partial charge in [-0.3, -0.25) is 4.79 Å². The number of nitrogens with zero attached hydrogens (tertiary/aromatic N) is 1. The Hall–Kier alpha value is -0.570. The molecular formula is C12H25NO2. The van der Waals surface area contributed by atoms with Gasteiger partial charge in [-0.25, -0.2) is 0 Å². The van der Waals surface area contributed by atoms with Crippen molar-refractivity contribution in [1.29, 1.82) is 0 Å². The van der Waals surface area contributed by atoms with E-state index in [9.17, 15) is 4.79 Å². The van der Waals surface area contributed by atoms with Gasteiger partial charge >= 0.3 is 5.97 Å². The normalized spacial score (nSPS) is 12.5. The van der Waals surface area contributed by atoms with Crippen molar-refractivity contribution in [2.75, 3.05) is 20.1 Å². The van der Waals surface area contributed by atoms with E-state index in [1.807, 2.05) is 7.05 Å². The molecule has 15 heavy (non-hydrogen) atoms. The number of aliphatic carboxylic acids is 1. The number of hydrogen-bond acceptors (Lipinski definition) is 2. The van der Waals surface area contributed by atoms with E-state index in [-0.39, 0.29) is 0 Å². The minimum Gasteiger partial charge on any atom is -0.481 e. The number of hydrogen-bond donors (Lipinski definition) is 1. The van der Waals surface area contributed by atoms with Crippen molar-refractivity contribution in [2.24, 2.45) is 11.3 Å². The van der Waals surface area contributed by atoms with E-state index in [1.165, 1.54) is 6.42 Å². The van der Waals surface area contributed by atoms with Gasteiger partial charge in [-0.2, -0.15) is 0 Å². The lowest BCUT2D eigenvalue weighted by Crippen LogP contribution is -2.37. The highest BCUT2D eigenvalue weighted by atomic mass is 16.4. The summed E-state index contributed by atoms with van der Waals surface area (Å²) in [4.78, 5) is 13.0. The maximum absolute atomic E-state index is 10.9. The van der Waals surface area contributed by atoms with Crippen LogP contribution in [0, 0.1) is 11.3 Å². The van der Waals surface area contributed by atoms with Gasteiger partial charge in [-0.05, 0) is 46.2 Å². The maximum atomic E-state index is 10.9. The Morgan fingerprint density at radius 2 is 1.93 bits per heavy atom. The fraction of sp³-hybridized carbons (Fsp3) is 0.917. The summed E-state index contributed by atoms with van der Waals surface area (Å²) in [6.45, 7) is 9.56. The Balaban J connectivity index is 3.83. The van der Waals surface area contributed by atoms with E-state index in [2.05, 4.69) is 18.7 Å². The molecule has 90 valence electrons. The monoisotopic (exact) mass is 215 g/mol. The zero-order valence-electron chi connectivity index (χ0n) is 10.7. The zero-order valence-corrected chi connectivity index (χ0v) is 10.7. The van der Waals surface area contributed by atoms with Gasteiger partial charge in [0.05, 0.1) is 5.41 Å². The summed E-state index contributed by atoms with van der Waals surface area (Å²) < 4.78 is 0. The highest BCUT2D eigenvalue weighted by Crippen LogP contribution is 2.16. The minimum atomic E-state index is -0.724. The first-order valence-corrected chi connectivity index (χ1v) is 5.67. The van der Waals surface area contributed by atoms with Crippen LogP contribution >= 0.6 is 0 Å². The highest BCUT2D eigenvalue weighted by Gasteiger charge is 2.28. The summed E-state index contributed by atoms with van der Waals surface area (Å²) >= 11 is 0. The molecule has 0 aromatic carbocycles. The Kier molecular flexibility index (Phi) is 5.88. The van der Waals surface area contributed by atoms with Crippen LogP contribution < -0.4 is 0 Å². The van der Waals surface area contributed by atoms with Gasteiger partial charge in [0.1, 0.15) is 0 Å². The largest absolute Gasteiger partial charge is 0.481 e. The van der Waals surface area contributed by atoms with Crippen LogP contribution in [0.25, 0.3) is 0 Å². The molecular weight excluding hydrogens is 190 g/mol. The molecule has 1 N–H and O–H groups in total. The van der Waals surface area contributed by atoms with Crippen LogP contribution in [0.5, 0.6) is 0 Å². The van der Waals surface area contributed by atoms with E-state index in [0.717, 1.165) is 18.9 Å². The molecule has 0 bridgehead atoms. The molecule has 0 rings (SSSR count). The standard InChI is InChI=1S/C12H25NO2/c1-10(2)7-6-8-13(5)9-12(3,4)11(14)15/h10H,6-9H2,1-5H3,(H,14,15). The van der Waals surface area contributed by atoms with Crippen molar-refractivity contribution >= 4 is 5.97 Å². The van der Waals surface area contributed by atoms with Gasteiger partial charge in [0.25, 0.3) is 0 Å². The highest BCUT2D eigenvalue weighted by molar-refractivity contribution is 5.73. The topological polar surface area (TPSA) is 40.5 Å². The SMILES string of the molecule is CC(C)CCCN(C)CC(C)(C)C(=O)O. The first-order chi connectivity index (χ1) is 6.75. The quantitative estimate of drug-likeness (QED) is 0.709. The van der Waals surface area contributed by atoms with E-state index >= 15 is 0 Å². The van der Waals surface area contributed by atoms with E-state index in [4.69, 9.17) is 5.11 Å². The Bertz CT molecular complexity index is 200. The van der Waals surface area contributed by atoms with Gasteiger partial charge in [0.2, 0.25) is 0 Å². The second-order valence-corrected chi connectivity index (χ2v) is 5.46. The van der Waals surface area contributed by atoms with Gasteiger partial charge in [-0.1, -0.05) is 13.8 Å². The summed E-state index contributed by atoms with van der Waals surface area (Å²) in [6.07, 6.45) is 2.35. The van der Waals surface area contributed by atoms with Gasteiger partial charge in [0, 0.05) is 6.54 Å². The molecule has 0 aromatic rings. The number of carboxylic acid groups (broad SMARTS) is 1. The molecule has 3 heteroatoms. The van der Waals surface area contributed by atoms with Crippen molar-refractivity contribution in [3.05, 3.63) is 0 Å². The van der Waals surface area contributed by atoms with Crippen LogP contribution in [0.1, 0.15) is 40.5 Å². The molecule has 0 amide bonds. The van der Waals surface area contributed by atoms with Crippen molar-refractivity contribution in [3.8, 4) is 0 Å². The Morgan fingerprint density at radius 1 is 1.40 bits per heavy atom. The predicted octanol–water partition coefficient (Wildman–Crippen LogP) is 2.47. The first-order valence-electron chi connectivity index (χ1n) is 5.67. The molecule has 0 heterocycles. The van der Waals surface area contributed by atoms with Crippen LogP contribution in [0.15, 0.2) is 0 Å². The van der Waals surface area contributed by atoms with Crippen molar-refractivity contribution in [3.63, 3.8) is 0 Å². The van der Waals surface area contributed by atoms with Gasteiger partial charge < -0.3 is 10.0 Å². The summed E-state index contributed by atoms with van der Waals surface area (Å²) in [7, 11) is 1.99. The molecule has 0 radical (unpaired) electrons. The Labute approximate surface area is 93.5 Å². The van der Waals surface area contributed by atoms with Crippen molar-refractivity contribution in [2.45, 2.75) is 40.5 Å². The molecule has 0 spiro atoms. The molecule has 0 aliphatic carbocycles. The lowest BCUT2D eigenvalue weighted by Gasteiger charge is -2.26. The molecule has 0 aliphatic rings. The predicted molar refractivity (Wildman–Crippen MR) is 63.0 cm³/mol. The molecule has 0 aromatic heterocycles. The molecule has 0 fully saturated rings. The van der Waals surface area contributed by atoms with Crippen molar-refractivity contribution in [1.82, 2.24) is 4.90 Å². The molecule has 3 nitrogen and oxygen atoms in total. The zero-order chi connectivity index (χ0) is 12.1. The van der Waals surface area contributed by atoms with E-state index in [1.54, 1.807) is 13.8 Å². The molecule has 0 aliphatic heterocycles. The molecule has 0 unspecified atom stereocenters. The summed E-state index contributed by atoms with van der Waals surface area (Å²) in [6, 6.07) is 0.